The fraction of sp³-hybridized carbons (Fsp3) is 0.292. The van der Waals surface area contributed by atoms with Crippen LogP contribution in [0.2, 0.25) is 0 Å². The van der Waals surface area contributed by atoms with Crippen LogP contribution in [0.25, 0.3) is 0 Å². The van der Waals surface area contributed by atoms with E-state index in [1.807, 2.05) is 55.5 Å². The Hall–Kier alpha value is -3.26. The van der Waals surface area contributed by atoms with Gasteiger partial charge in [0.1, 0.15) is 11.3 Å². The van der Waals surface area contributed by atoms with Crippen LogP contribution in [0.15, 0.2) is 68.0 Å². The summed E-state index contributed by atoms with van der Waals surface area (Å²) < 4.78 is 6.49. The number of para-hydroxylation sites is 1. The monoisotopic (exact) mass is 451 g/mol. The lowest BCUT2D eigenvalue weighted by molar-refractivity contribution is 0.394. The molecule has 0 spiro atoms. The normalized spacial score (nSPS) is 15.6. The summed E-state index contributed by atoms with van der Waals surface area (Å²) in [6.45, 7) is 2.32. The highest BCUT2D eigenvalue weighted by atomic mass is 32.2. The molecule has 0 unspecified atom stereocenters. The van der Waals surface area contributed by atoms with E-state index in [0.717, 1.165) is 28.3 Å². The minimum absolute atomic E-state index is 0.0434. The molecule has 0 saturated carbocycles. The Labute approximate surface area is 189 Å². The van der Waals surface area contributed by atoms with Gasteiger partial charge in [-0.2, -0.15) is 0 Å². The van der Waals surface area contributed by atoms with Crippen LogP contribution in [0, 0.1) is 0 Å². The van der Waals surface area contributed by atoms with Gasteiger partial charge < -0.3 is 9.84 Å². The predicted octanol–water partition coefficient (Wildman–Crippen LogP) is 4.41. The molecular formula is C24H25N3O4S. The SMILES string of the molecule is CCCCn1c(O)c(C2=Nc3ccccc3S[C@@H](c3ccc(OC)cc3)C2)c(=O)[nH]c1=O. The topological polar surface area (TPSA) is 96.7 Å². The molecule has 0 saturated heterocycles. The van der Waals surface area contributed by atoms with Crippen LogP contribution in [0.5, 0.6) is 11.6 Å². The zero-order valence-corrected chi connectivity index (χ0v) is 18.8. The van der Waals surface area contributed by atoms with E-state index in [9.17, 15) is 14.7 Å². The van der Waals surface area contributed by atoms with Gasteiger partial charge in [-0.05, 0) is 36.2 Å². The molecule has 8 heteroatoms. The maximum absolute atomic E-state index is 12.8. The number of unbranched alkanes of at least 4 members (excludes halogenated alkanes) is 1. The molecule has 4 rings (SSSR count). The lowest BCUT2D eigenvalue weighted by atomic mass is 10.0. The number of H-pyrrole nitrogens is 1. The maximum atomic E-state index is 12.8. The van der Waals surface area contributed by atoms with E-state index in [0.29, 0.717) is 25.1 Å². The Balaban J connectivity index is 1.84. The third-order valence-corrected chi connectivity index (χ3v) is 6.77. The van der Waals surface area contributed by atoms with Crippen LogP contribution < -0.4 is 16.0 Å². The molecule has 0 radical (unpaired) electrons. The van der Waals surface area contributed by atoms with Crippen molar-refractivity contribution in [2.24, 2.45) is 4.99 Å². The molecule has 0 amide bonds. The fourth-order valence-electron chi connectivity index (χ4n) is 3.72. The number of aromatic amines is 1. The van der Waals surface area contributed by atoms with Crippen LogP contribution in [0.4, 0.5) is 5.69 Å². The van der Waals surface area contributed by atoms with Crippen LogP contribution in [-0.4, -0.2) is 27.5 Å². The molecule has 7 nitrogen and oxygen atoms in total. The van der Waals surface area contributed by atoms with E-state index in [4.69, 9.17) is 9.73 Å². The number of aliphatic imine (C=N–C) groups is 1. The van der Waals surface area contributed by atoms with Crippen LogP contribution >= 0.6 is 11.8 Å². The summed E-state index contributed by atoms with van der Waals surface area (Å²) in [6.07, 6.45) is 1.97. The van der Waals surface area contributed by atoms with Crippen molar-refractivity contribution in [3.05, 3.63) is 80.5 Å². The van der Waals surface area contributed by atoms with Crippen molar-refractivity contribution in [3.63, 3.8) is 0 Å². The van der Waals surface area contributed by atoms with Crippen molar-refractivity contribution in [2.75, 3.05) is 7.11 Å². The van der Waals surface area contributed by atoms with Gasteiger partial charge in [0.05, 0.1) is 18.5 Å². The van der Waals surface area contributed by atoms with Gasteiger partial charge in [-0.25, -0.2) is 4.79 Å². The molecule has 1 aliphatic rings. The van der Waals surface area contributed by atoms with Crippen molar-refractivity contribution < 1.29 is 9.84 Å². The number of fused-ring (bicyclic) bond motifs is 1. The van der Waals surface area contributed by atoms with Gasteiger partial charge in [0.2, 0.25) is 5.88 Å². The van der Waals surface area contributed by atoms with Crippen LogP contribution in [0.1, 0.15) is 42.6 Å². The predicted molar refractivity (Wildman–Crippen MR) is 127 cm³/mol. The first-order valence-corrected chi connectivity index (χ1v) is 11.4. The van der Waals surface area contributed by atoms with Crippen molar-refractivity contribution in [1.29, 1.82) is 0 Å². The zero-order valence-electron chi connectivity index (χ0n) is 18.0. The first-order chi connectivity index (χ1) is 15.5. The van der Waals surface area contributed by atoms with E-state index >= 15 is 0 Å². The summed E-state index contributed by atoms with van der Waals surface area (Å²) in [4.78, 5) is 33.2. The summed E-state index contributed by atoms with van der Waals surface area (Å²) in [5.74, 6) is 0.433. The lowest BCUT2D eigenvalue weighted by Crippen LogP contribution is -2.34. The number of nitrogens with one attached hydrogen (secondary N) is 1. The molecule has 1 aromatic heterocycles. The van der Waals surface area contributed by atoms with Crippen LogP contribution in [-0.2, 0) is 6.54 Å². The third kappa shape index (κ3) is 4.36. The van der Waals surface area contributed by atoms with Gasteiger partial charge in [-0.1, -0.05) is 37.6 Å². The number of ether oxygens (including phenoxy) is 1. The average molecular weight is 452 g/mol. The van der Waals surface area contributed by atoms with E-state index in [2.05, 4.69) is 4.98 Å². The molecule has 3 aromatic rings. The van der Waals surface area contributed by atoms with E-state index < -0.39 is 11.2 Å². The number of rotatable bonds is 6. The summed E-state index contributed by atoms with van der Waals surface area (Å²) in [6, 6.07) is 15.5. The van der Waals surface area contributed by atoms with Gasteiger partial charge in [0.25, 0.3) is 5.56 Å². The Morgan fingerprint density at radius 3 is 2.66 bits per heavy atom. The first-order valence-electron chi connectivity index (χ1n) is 10.6. The molecule has 0 aliphatic carbocycles. The van der Waals surface area contributed by atoms with E-state index in [-0.39, 0.29) is 16.7 Å². The molecule has 2 heterocycles. The zero-order chi connectivity index (χ0) is 22.7. The molecular weight excluding hydrogens is 426 g/mol. The van der Waals surface area contributed by atoms with Gasteiger partial charge in [-0.15, -0.1) is 11.8 Å². The van der Waals surface area contributed by atoms with E-state index in [1.54, 1.807) is 18.9 Å². The second kappa shape index (κ2) is 9.48. The number of benzene rings is 2. The highest BCUT2D eigenvalue weighted by Crippen LogP contribution is 2.45. The Morgan fingerprint density at radius 1 is 1.19 bits per heavy atom. The van der Waals surface area contributed by atoms with Crippen LogP contribution in [0.3, 0.4) is 0 Å². The smallest absolute Gasteiger partial charge is 0.331 e. The number of hydrogen-bond acceptors (Lipinski definition) is 6. The fourth-order valence-corrected chi connectivity index (χ4v) is 4.95. The van der Waals surface area contributed by atoms with E-state index in [1.165, 1.54) is 4.57 Å². The van der Waals surface area contributed by atoms with Gasteiger partial charge in [0, 0.05) is 23.1 Å². The lowest BCUT2D eigenvalue weighted by Gasteiger charge is -2.17. The molecule has 2 N–H and O–H groups in total. The number of hydrogen-bond donors (Lipinski definition) is 2. The number of nitrogens with zero attached hydrogens (tertiary/aromatic N) is 2. The molecule has 166 valence electrons. The highest BCUT2D eigenvalue weighted by molar-refractivity contribution is 7.99. The van der Waals surface area contributed by atoms with Gasteiger partial charge >= 0.3 is 5.69 Å². The van der Waals surface area contributed by atoms with Crippen molar-refractivity contribution in [2.45, 2.75) is 42.9 Å². The minimum atomic E-state index is -0.628. The standard InChI is InChI=1S/C24H25N3O4S/c1-3-4-13-27-23(29)21(22(28)26-24(27)30)18-14-20(15-9-11-16(31-2)12-10-15)32-19-8-6-5-7-17(19)25-18/h5-12,20,29H,3-4,13-14H2,1-2H3,(H,26,28,30)/t20-/m1/s1. The summed E-state index contributed by atoms with van der Waals surface area (Å²) in [5.41, 5.74) is 1.05. The molecule has 1 aliphatic heterocycles. The second-order valence-corrected chi connectivity index (χ2v) is 8.82. The van der Waals surface area contributed by atoms with Crippen molar-refractivity contribution >= 4 is 23.2 Å². The van der Waals surface area contributed by atoms with Gasteiger partial charge in [-0.3, -0.25) is 19.3 Å². The minimum Gasteiger partial charge on any atom is -0.497 e. The first kappa shape index (κ1) is 22.0. The second-order valence-electron chi connectivity index (χ2n) is 7.57. The van der Waals surface area contributed by atoms with Crippen molar-refractivity contribution in [1.82, 2.24) is 9.55 Å². The molecule has 0 fully saturated rings. The van der Waals surface area contributed by atoms with Gasteiger partial charge in [0.15, 0.2) is 0 Å². The number of aromatic hydroxyl groups is 1. The highest BCUT2D eigenvalue weighted by Gasteiger charge is 2.27. The summed E-state index contributed by atoms with van der Waals surface area (Å²) in [7, 11) is 1.62. The number of thioether (sulfide) groups is 1. The third-order valence-electron chi connectivity index (χ3n) is 5.45. The quantitative estimate of drug-likeness (QED) is 0.579. The van der Waals surface area contributed by atoms with Crippen molar-refractivity contribution in [3.8, 4) is 11.6 Å². The number of methoxy groups -OCH3 is 1. The molecule has 1 atom stereocenters. The maximum Gasteiger partial charge on any atom is 0.331 e. The Kier molecular flexibility index (Phi) is 6.50. The molecule has 32 heavy (non-hydrogen) atoms. The number of aromatic nitrogens is 2. The molecule has 2 aromatic carbocycles. The largest absolute Gasteiger partial charge is 0.497 e. The Bertz CT molecular complexity index is 1260. The Morgan fingerprint density at radius 2 is 1.94 bits per heavy atom. The summed E-state index contributed by atoms with van der Waals surface area (Å²) >= 11 is 1.66. The average Bonchev–Trinajstić information content (AvgIpc) is 2.98. The molecule has 0 bridgehead atoms. The summed E-state index contributed by atoms with van der Waals surface area (Å²) in [5, 5.41) is 10.9.